The second-order valence-corrected chi connectivity index (χ2v) is 8.26. The molecule has 1 amide bonds. The minimum atomic E-state index is -0.448. The van der Waals surface area contributed by atoms with Crippen molar-refractivity contribution in [2.45, 2.75) is 6.92 Å². The Hall–Kier alpha value is -4.17. The van der Waals surface area contributed by atoms with Gasteiger partial charge in [-0.05, 0) is 60.5 Å². The van der Waals surface area contributed by atoms with Gasteiger partial charge in [0.15, 0.2) is 10.8 Å². The molecule has 4 aromatic rings. The number of anilines is 3. The summed E-state index contributed by atoms with van der Waals surface area (Å²) in [7, 11) is 1.84. The van der Waals surface area contributed by atoms with Crippen molar-refractivity contribution in [3.63, 3.8) is 0 Å². The number of amides is 1. The molecule has 1 aromatic heterocycles. The van der Waals surface area contributed by atoms with E-state index in [9.17, 15) is 14.7 Å². The summed E-state index contributed by atoms with van der Waals surface area (Å²) in [6, 6.07) is 21.6. The number of thiazole rings is 1. The van der Waals surface area contributed by atoms with Crippen LogP contribution in [0.1, 0.15) is 27.8 Å². The van der Waals surface area contributed by atoms with Crippen LogP contribution >= 0.6 is 11.3 Å². The molecule has 0 spiro atoms. The van der Waals surface area contributed by atoms with Gasteiger partial charge in [0.1, 0.15) is 5.75 Å². The monoisotopic (exact) mass is 473 g/mol. The topological polar surface area (TPSA) is 91.8 Å². The van der Waals surface area contributed by atoms with Crippen LogP contribution in [-0.4, -0.2) is 35.6 Å². The van der Waals surface area contributed by atoms with Gasteiger partial charge in [0, 0.05) is 29.4 Å². The number of hydrogen-bond donors (Lipinski definition) is 2. The molecule has 1 heterocycles. The van der Waals surface area contributed by atoms with Crippen molar-refractivity contribution in [3.8, 4) is 16.9 Å². The largest absolute Gasteiger partial charge is 0.508 e. The van der Waals surface area contributed by atoms with Crippen molar-refractivity contribution >= 4 is 39.7 Å². The summed E-state index contributed by atoms with van der Waals surface area (Å²) in [6.07, 6.45) is 0. The third-order valence-corrected chi connectivity index (χ3v) is 6.02. The lowest BCUT2D eigenvalue weighted by molar-refractivity contribution is 0.0520. The Balaban J connectivity index is 1.45. The molecule has 0 radical (unpaired) electrons. The van der Waals surface area contributed by atoms with Gasteiger partial charge in [-0.25, -0.2) is 9.78 Å². The first kappa shape index (κ1) is 23.0. The van der Waals surface area contributed by atoms with Gasteiger partial charge in [0.25, 0.3) is 5.91 Å². The van der Waals surface area contributed by atoms with Gasteiger partial charge in [0.2, 0.25) is 0 Å². The first-order valence-corrected chi connectivity index (χ1v) is 11.5. The molecule has 34 heavy (non-hydrogen) atoms. The van der Waals surface area contributed by atoms with Crippen LogP contribution in [0.2, 0.25) is 0 Å². The summed E-state index contributed by atoms with van der Waals surface area (Å²) in [5, 5.41) is 14.7. The lowest BCUT2D eigenvalue weighted by atomic mass is 10.0. The third kappa shape index (κ3) is 5.24. The van der Waals surface area contributed by atoms with E-state index in [2.05, 4.69) is 10.3 Å². The molecule has 8 heteroatoms. The molecule has 7 nitrogen and oxygen atoms in total. The zero-order valence-electron chi connectivity index (χ0n) is 18.7. The van der Waals surface area contributed by atoms with Gasteiger partial charge >= 0.3 is 5.97 Å². The number of hydrogen-bond acceptors (Lipinski definition) is 7. The number of nitrogens with zero attached hydrogens (tertiary/aromatic N) is 2. The molecule has 0 bridgehead atoms. The van der Waals surface area contributed by atoms with Crippen molar-refractivity contribution in [3.05, 3.63) is 89.4 Å². The Morgan fingerprint density at radius 3 is 2.38 bits per heavy atom. The van der Waals surface area contributed by atoms with Crippen molar-refractivity contribution in [1.82, 2.24) is 4.98 Å². The van der Waals surface area contributed by atoms with E-state index in [1.54, 1.807) is 36.6 Å². The Labute approximate surface area is 201 Å². The first-order chi connectivity index (χ1) is 16.4. The van der Waals surface area contributed by atoms with Gasteiger partial charge in [-0.15, -0.1) is 11.3 Å². The van der Waals surface area contributed by atoms with E-state index in [1.165, 1.54) is 11.3 Å². The van der Waals surface area contributed by atoms with E-state index in [0.717, 1.165) is 16.8 Å². The average molecular weight is 474 g/mol. The smallest absolute Gasteiger partial charge is 0.357 e. The summed E-state index contributed by atoms with van der Waals surface area (Å²) in [4.78, 5) is 30.9. The Kier molecular flexibility index (Phi) is 6.89. The third-order valence-electron chi connectivity index (χ3n) is 5.10. The van der Waals surface area contributed by atoms with E-state index in [1.807, 2.05) is 60.5 Å². The maximum absolute atomic E-state index is 12.8. The molecular weight excluding hydrogens is 450 g/mol. The van der Waals surface area contributed by atoms with Gasteiger partial charge in [-0.1, -0.05) is 30.3 Å². The van der Waals surface area contributed by atoms with Crippen LogP contribution in [0, 0.1) is 0 Å². The van der Waals surface area contributed by atoms with Crippen LogP contribution in [0.3, 0.4) is 0 Å². The van der Waals surface area contributed by atoms with Crippen molar-refractivity contribution < 1.29 is 19.4 Å². The zero-order chi connectivity index (χ0) is 24.1. The predicted octanol–water partition coefficient (Wildman–Crippen LogP) is 5.71. The first-order valence-electron chi connectivity index (χ1n) is 10.6. The fourth-order valence-electron chi connectivity index (χ4n) is 3.29. The number of ether oxygens (including phenoxy) is 1. The number of benzene rings is 3. The van der Waals surface area contributed by atoms with Gasteiger partial charge in [-0.3, -0.25) is 4.79 Å². The van der Waals surface area contributed by atoms with Crippen molar-refractivity contribution in [2.24, 2.45) is 0 Å². The fourth-order valence-corrected chi connectivity index (χ4v) is 4.07. The van der Waals surface area contributed by atoms with E-state index >= 15 is 0 Å². The Bertz CT molecular complexity index is 1300. The Morgan fingerprint density at radius 1 is 1.03 bits per heavy atom. The highest BCUT2D eigenvalue weighted by Crippen LogP contribution is 2.29. The van der Waals surface area contributed by atoms with Crippen molar-refractivity contribution in [2.75, 3.05) is 23.9 Å². The van der Waals surface area contributed by atoms with E-state index < -0.39 is 5.97 Å². The van der Waals surface area contributed by atoms with Crippen LogP contribution in [-0.2, 0) is 4.74 Å². The molecule has 3 aromatic carbocycles. The SMILES string of the molecule is CCOC(=O)c1csc(N(C)c2cccc(NC(=O)c3ccc(-c4ccc(O)cc4)cc3)c2)n1. The van der Waals surface area contributed by atoms with Crippen molar-refractivity contribution in [1.29, 1.82) is 0 Å². The molecule has 4 rings (SSSR count). The molecule has 0 fully saturated rings. The van der Waals surface area contributed by atoms with Crippen LogP contribution in [0.15, 0.2) is 78.2 Å². The number of aromatic nitrogens is 1. The molecule has 0 saturated heterocycles. The highest BCUT2D eigenvalue weighted by Gasteiger charge is 2.15. The minimum Gasteiger partial charge on any atom is -0.508 e. The molecule has 0 unspecified atom stereocenters. The quantitative estimate of drug-likeness (QED) is 0.334. The van der Waals surface area contributed by atoms with Crippen LogP contribution in [0.5, 0.6) is 5.75 Å². The minimum absolute atomic E-state index is 0.210. The van der Waals surface area contributed by atoms with Gasteiger partial charge in [-0.2, -0.15) is 0 Å². The molecule has 2 N–H and O–H groups in total. The lowest BCUT2D eigenvalue weighted by Gasteiger charge is -2.17. The summed E-state index contributed by atoms with van der Waals surface area (Å²) in [5.41, 5.74) is 4.15. The number of aromatic hydroxyl groups is 1. The summed E-state index contributed by atoms with van der Waals surface area (Å²) >= 11 is 1.34. The molecule has 0 aliphatic heterocycles. The molecule has 172 valence electrons. The standard InChI is InChI=1S/C26H23N3O4S/c1-3-33-25(32)23-16-34-26(28-23)29(2)21-6-4-5-20(15-21)27-24(31)19-9-7-17(8-10-19)18-11-13-22(30)14-12-18/h4-16,30H,3H2,1-2H3,(H,27,31). The highest BCUT2D eigenvalue weighted by molar-refractivity contribution is 7.14. The average Bonchev–Trinajstić information content (AvgIpc) is 3.35. The highest BCUT2D eigenvalue weighted by atomic mass is 32.1. The molecule has 0 atom stereocenters. The summed E-state index contributed by atoms with van der Waals surface area (Å²) in [6.45, 7) is 2.05. The predicted molar refractivity (Wildman–Crippen MR) is 134 cm³/mol. The number of carbonyl (C=O) groups excluding carboxylic acids is 2. The number of rotatable bonds is 7. The lowest BCUT2D eigenvalue weighted by Crippen LogP contribution is -2.13. The maximum atomic E-state index is 12.8. The van der Waals surface area contributed by atoms with Crippen LogP contribution in [0.25, 0.3) is 11.1 Å². The maximum Gasteiger partial charge on any atom is 0.357 e. The Morgan fingerprint density at radius 2 is 1.71 bits per heavy atom. The normalized spacial score (nSPS) is 10.5. The molecule has 0 aliphatic carbocycles. The molecular formula is C26H23N3O4S. The van der Waals surface area contributed by atoms with E-state index in [0.29, 0.717) is 23.0 Å². The second-order valence-electron chi connectivity index (χ2n) is 7.42. The van der Waals surface area contributed by atoms with Gasteiger partial charge in [0.05, 0.1) is 6.61 Å². The van der Waals surface area contributed by atoms with Crippen LogP contribution < -0.4 is 10.2 Å². The number of carbonyl (C=O) groups is 2. The number of phenolic OH excluding ortho intramolecular Hbond substituents is 1. The zero-order valence-corrected chi connectivity index (χ0v) is 19.5. The summed E-state index contributed by atoms with van der Waals surface area (Å²) in [5.74, 6) is -0.464. The summed E-state index contributed by atoms with van der Waals surface area (Å²) < 4.78 is 5.00. The molecule has 0 saturated carbocycles. The number of esters is 1. The number of nitrogens with one attached hydrogen (secondary N) is 1. The van der Waals surface area contributed by atoms with Gasteiger partial charge < -0.3 is 20.1 Å². The molecule has 0 aliphatic rings. The van der Waals surface area contributed by atoms with E-state index in [-0.39, 0.29) is 17.4 Å². The second kappa shape index (κ2) is 10.2. The number of phenols is 1. The fraction of sp³-hybridized carbons (Fsp3) is 0.115. The van der Waals surface area contributed by atoms with Crippen LogP contribution in [0.4, 0.5) is 16.5 Å². The van der Waals surface area contributed by atoms with E-state index in [4.69, 9.17) is 4.74 Å².